The minimum absolute atomic E-state index is 0.160. The van der Waals surface area contributed by atoms with Crippen LogP contribution in [0.2, 0.25) is 0 Å². The number of fused-ring (bicyclic) bond motifs is 1. The van der Waals surface area contributed by atoms with E-state index in [2.05, 4.69) is 35.5 Å². The Bertz CT molecular complexity index is 1210. The summed E-state index contributed by atoms with van der Waals surface area (Å²) in [6.45, 7) is 2.66. The van der Waals surface area contributed by atoms with Gasteiger partial charge in [-0.1, -0.05) is 53.4 Å². The third kappa shape index (κ3) is 5.56. The zero-order valence-corrected chi connectivity index (χ0v) is 19.2. The summed E-state index contributed by atoms with van der Waals surface area (Å²) in [6.07, 6.45) is 0. The monoisotopic (exact) mass is 479 g/mol. The molecule has 2 aromatic heterocycles. The molecule has 1 amide bonds. The second-order valence-electron chi connectivity index (χ2n) is 7.16. The van der Waals surface area contributed by atoms with Gasteiger partial charge >= 0.3 is 0 Å². The van der Waals surface area contributed by atoms with Crippen molar-refractivity contribution in [3.8, 4) is 0 Å². The molecule has 0 radical (unpaired) electrons. The van der Waals surface area contributed by atoms with Crippen LogP contribution in [-0.4, -0.2) is 57.9 Å². The zero-order valence-electron chi connectivity index (χ0n) is 17.6. The molecule has 0 unspecified atom stereocenters. The highest BCUT2D eigenvalue weighted by atomic mass is 32.2. The maximum atomic E-state index is 12.5. The number of anilines is 4. The first-order valence-corrected chi connectivity index (χ1v) is 12.2. The number of morpholine rings is 1. The van der Waals surface area contributed by atoms with E-state index in [-0.39, 0.29) is 11.7 Å². The number of amides is 1. The lowest BCUT2D eigenvalue weighted by Gasteiger charge is -2.27. The van der Waals surface area contributed by atoms with Gasteiger partial charge in [-0.15, -0.1) is 0 Å². The molecule has 0 spiro atoms. The molecule has 0 saturated carbocycles. The molecule has 1 saturated heterocycles. The number of carbonyl (C=O) groups is 1. The lowest BCUT2D eigenvalue weighted by molar-refractivity contribution is -0.113. The van der Waals surface area contributed by atoms with Gasteiger partial charge in [0.25, 0.3) is 0 Å². The molecule has 0 atom stereocenters. The highest BCUT2D eigenvalue weighted by Crippen LogP contribution is 2.26. The number of thioether (sulfide) groups is 1. The Morgan fingerprint density at radius 3 is 2.61 bits per heavy atom. The molecule has 1 aliphatic heterocycles. The van der Waals surface area contributed by atoms with Crippen LogP contribution in [0.4, 0.5) is 22.7 Å². The van der Waals surface area contributed by atoms with E-state index in [1.807, 2.05) is 54.6 Å². The van der Waals surface area contributed by atoms with E-state index in [9.17, 15) is 4.79 Å². The normalized spacial score (nSPS) is 13.8. The van der Waals surface area contributed by atoms with Gasteiger partial charge in [0.05, 0.1) is 29.2 Å². The van der Waals surface area contributed by atoms with Crippen LogP contribution in [0.15, 0.2) is 59.8 Å². The number of hydrogen-bond donors (Lipinski definition) is 2. The predicted octanol–water partition coefficient (Wildman–Crippen LogP) is 3.79. The van der Waals surface area contributed by atoms with Crippen molar-refractivity contribution in [3.63, 3.8) is 0 Å². The predicted molar refractivity (Wildman–Crippen MR) is 132 cm³/mol. The van der Waals surface area contributed by atoms with E-state index in [0.29, 0.717) is 48.5 Å². The molecular formula is C22H21N7O2S2. The molecule has 2 N–H and O–H groups in total. The summed E-state index contributed by atoms with van der Waals surface area (Å²) >= 11 is 2.71. The fourth-order valence-electron chi connectivity index (χ4n) is 3.23. The summed E-state index contributed by atoms with van der Waals surface area (Å²) < 4.78 is 6.48. The first-order chi connectivity index (χ1) is 16.2. The van der Waals surface area contributed by atoms with Crippen LogP contribution >= 0.6 is 23.1 Å². The summed E-state index contributed by atoms with van der Waals surface area (Å²) in [6, 6.07) is 17.5. The summed E-state index contributed by atoms with van der Waals surface area (Å²) in [7, 11) is 0. The third-order valence-electron chi connectivity index (χ3n) is 4.80. The molecule has 33 heavy (non-hydrogen) atoms. The van der Waals surface area contributed by atoms with Crippen LogP contribution in [0, 0.1) is 0 Å². The fourth-order valence-corrected chi connectivity index (χ4v) is 4.74. The topological polar surface area (TPSA) is 105 Å². The van der Waals surface area contributed by atoms with Crippen LogP contribution in [0.3, 0.4) is 0 Å². The Morgan fingerprint density at radius 2 is 1.79 bits per heavy atom. The molecule has 4 aromatic rings. The van der Waals surface area contributed by atoms with Crippen LogP contribution in [0.1, 0.15) is 0 Å². The van der Waals surface area contributed by atoms with Gasteiger partial charge in [-0.05, 0) is 24.3 Å². The van der Waals surface area contributed by atoms with Crippen molar-refractivity contribution in [2.45, 2.75) is 5.16 Å². The molecule has 1 aliphatic rings. The number of nitrogens with zero attached hydrogens (tertiary/aromatic N) is 5. The van der Waals surface area contributed by atoms with Crippen molar-refractivity contribution in [1.29, 1.82) is 0 Å². The van der Waals surface area contributed by atoms with Gasteiger partial charge in [-0.3, -0.25) is 4.79 Å². The molecular weight excluding hydrogens is 458 g/mol. The molecule has 3 heterocycles. The van der Waals surface area contributed by atoms with Crippen molar-refractivity contribution in [2.75, 3.05) is 47.6 Å². The number of para-hydroxylation sites is 2. The molecule has 9 nitrogen and oxygen atoms in total. The van der Waals surface area contributed by atoms with Gasteiger partial charge in [-0.25, -0.2) is 4.98 Å². The Labute approximate surface area is 198 Å². The largest absolute Gasteiger partial charge is 0.378 e. The lowest BCUT2D eigenvalue weighted by atomic mass is 10.3. The molecule has 168 valence electrons. The lowest BCUT2D eigenvalue weighted by Crippen LogP contribution is -2.37. The number of ether oxygens (including phenoxy) is 1. The van der Waals surface area contributed by atoms with Crippen molar-refractivity contribution in [2.24, 2.45) is 0 Å². The second kappa shape index (κ2) is 10.1. The molecule has 5 rings (SSSR count). The quantitative estimate of drug-likeness (QED) is 0.383. The van der Waals surface area contributed by atoms with Crippen molar-refractivity contribution in [3.05, 3.63) is 54.6 Å². The Morgan fingerprint density at radius 1 is 1.00 bits per heavy atom. The number of benzene rings is 2. The third-order valence-corrected chi connectivity index (χ3v) is 6.60. The Kier molecular flexibility index (Phi) is 6.61. The molecule has 2 aromatic carbocycles. The van der Waals surface area contributed by atoms with Crippen molar-refractivity contribution < 1.29 is 9.53 Å². The number of aromatic nitrogens is 4. The summed E-state index contributed by atoms with van der Waals surface area (Å²) in [5, 5.41) is 7.15. The van der Waals surface area contributed by atoms with Gasteiger partial charge in [0.2, 0.25) is 17.8 Å². The van der Waals surface area contributed by atoms with Crippen LogP contribution in [-0.2, 0) is 9.53 Å². The van der Waals surface area contributed by atoms with Gasteiger partial charge in [0.1, 0.15) is 0 Å². The SMILES string of the molecule is O=C(CSc1nc(Nc2ccccc2)nc(N2CCOCC2)n1)Nc1nc2ccccc2s1. The first kappa shape index (κ1) is 21.6. The summed E-state index contributed by atoms with van der Waals surface area (Å²) in [5.74, 6) is 1.00. The van der Waals surface area contributed by atoms with Gasteiger partial charge in [0, 0.05) is 18.8 Å². The van der Waals surface area contributed by atoms with Crippen molar-refractivity contribution >= 4 is 61.9 Å². The highest BCUT2D eigenvalue weighted by molar-refractivity contribution is 7.99. The number of carbonyl (C=O) groups excluding carboxylic acids is 1. The van der Waals surface area contributed by atoms with E-state index >= 15 is 0 Å². The Hall–Kier alpha value is -3.28. The van der Waals surface area contributed by atoms with Crippen LogP contribution < -0.4 is 15.5 Å². The molecule has 0 bridgehead atoms. The van der Waals surface area contributed by atoms with E-state index < -0.39 is 0 Å². The number of hydrogen-bond acceptors (Lipinski definition) is 10. The van der Waals surface area contributed by atoms with Gasteiger partial charge in [0.15, 0.2) is 10.3 Å². The zero-order chi connectivity index (χ0) is 22.5. The fraction of sp³-hybridized carbons (Fsp3) is 0.227. The average molecular weight is 480 g/mol. The molecule has 0 aliphatic carbocycles. The molecule has 1 fully saturated rings. The van der Waals surface area contributed by atoms with Gasteiger partial charge < -0.3 is 20.3 Å². The minimum Gasteiger partial charge on any atom is -0.378 e. The minimum atomic E-state index is -0.162. The van der Waals surface area contributed by atoms with Gasteiger partial charge in [-0.2, -0.15) is 15.0 Å². The second-order valence-corrected chi connectivity index (χ2v) is 9.13. The number of thiazole rings is 1. The standard InChI is InChI=1S/C22H21N7O2S2/c30-18(25-22-24-16-8-4-5-9-17(16)33-22)14-32-21-27-19(23-15-6-2-1-3-7-15)26-20(28-21)29-10-12-31-13-11-29/h1-9H,10-14H2,(H,24,25,30)(H,23,26,27,28). The van der Waals surface area contributed by atoms with E-state index in [1.54, 1.807) is 0 Å². The average Bonchev–Trinajstić information content (AvgIpc) is 3.26. The smallest absolute Gasteiger partial charge is 0.236 e. The highest BCUT2D eigenvalue weighted by Gasteiger charge is 2.18. The summed E-state index contributed by atoms with van der Waals surface area (Å²) in [4.78, 5) is 32.8. The van der Waals surface area contributed by atoms with Crippen LogP contribution in [0.25, 0.3) is 10.2 Å². The first-order valence-electron chi connectivity index (χ1n) is 10.4. The van der Waals surface area contributed by atoms with E-state index in [0.717, 1.165) is 15.9 Å². The van der Waals surface area contributed by atoms with E-state index in [1.165, 1.54) is 23.1 Å². The van der Waals surface area contributed by atoms with E-state index in [4.69, 9.17) is 4.74 Å². The van der Waals surface area contributed by atoms with Crippen molar-refractivity contribution in [1.82, 2.24) is 19.9 Å². The Balaban J connectivity index is 1.30. The summed E-state index contributed by atoms with van der Waals surface area (Å²) in [5.41, 5.74) is 1.75. The van der Waals surface area contributed by atoms with Crippen LogP contribution in [0.5, 0.6) is 0 Å². The number of rotatable bonds is 7. The maximum absolute atomic E-state index is 12.5. The molecule has 11 heteroatoms. The number of nitrogens with one attached hydrogen (secondary N) is 2. The maximum Gasteiger partial charge on any atom is 0.236 e.